The van der Waals surface area contributed by atoms with E-state index in [-0.39, 0.29) is 30.8 Å². The second-order valence-corrected chi connectivity index (χ2v) is 6.21. The summed E-state index contributed by atoms with van der Waals surface area (Å²) in [6.45, 7) is 0.490. The van der Waals surface area contributed by atoms with Crippen LogP contribution >= 0.6 is 0 Å². The van der Waals surface area contributed by atoms with Crippen LogP contribution in [-0.2, 0) is 16.1 Å². The van der Waals surface area contributed by atoms with E-state index in [0.717, 1.165) is 12.8 Å². The Kier molecular flexibility index (Phi) is 4.06. The van der Waals surface area contributed by atoms with Crippen molar-refractivity contribution in [3.8, 4) is 0 Å². The molecule has 1 spiro atoms. The Morgan fingerprint density at radius 3 is 2.78 bits per heavy atom. The molecule has 0 atom stereocenters. The maximum absolute atomic E-state index is 12.5. The summed E-state index contributed by atoms with van der Waals surface area (Å²) < 4.78 is 0. The van der Waals surface area contributed by atoms with Crippen molar-refractivity contribution >= 4 is 17.8 Å². The number of urea groups is 1. The van der Waals surface area contributed by atoms with Gasteiger partial charge in [-0.25, -0.2) is 9.78 Å². The first-order chi connectivity index (χ1) is 11.0. The molecule has 0 bridgehead atoms. The molecule has 2 aliphatic rings. The molecule has 8 nitrogen and oxygen atoms in total. The fourth-order valence-electron chi connectivity index (χ4n) is 3.29. The number of nitrogens with zero attached hydrogens (tertiary/aromatic N) is 3. The molecular weight excluding hydrogens is 298 g/mol. The van der Waals surface area contributed by atoms with Crippen molar-refractivity contribution < 1.29 is 14.4 Å². The molecule has 124 valence electrons. The van der Waals surface area contributed by atoms with Crippen LogP contribution in [0.3, 0.4) is 0 Å². The quantitative estimate of drug-likeness (QED) is 0.777. The van der Waals surface area contributed by atoms with E-state index in [0.29, 0.717) is 25.2 Å². The van der Waals surface area contributed by atoms with Crippen molar-refractivity contribution in [3.05, 3.63) is 18.2 Å². The second-order valence-electron chi connectivity index (χ2n) is 6.21. The number of aromatic amines is 1. The number of nitrogens with one attached hydrogen (secondary N) is 2. The van der Waals surface area contributed by atoms with Crippen LogP contribution in [0.4, 0.5) is 4.79 Å². The molecule has 2 fully saturated rings. The minimum atomic E-state index is -0.708. The predicted octanol–water partition coefficient (Wildman–Crippen LogP) is 0.623. The van der Waals surface area contributed by atoms with Crippen LogP contribution in [0.5, 0.6) is 0 Å². The van der Waals surface area contributed by atoms with Crippen molar-refractivity contribution in [2.75, 3.05) is 13.6 Å². The molecule has 1 saturated heterocycles. The molecule has 0 aromatic carbocycles. The normalized spacial score (nSPS) is 19.4. The number of aromatic nitrogens is 2. The molecule has 3 rings (SSSR count). The summed E-state index contributed by atoms with van der Waals surface area (Å²) in [4.78, 5) is 46.4. The monoisotopic (exact) mass is 319 g/mol. The minimum absolute atomic E-state index is 0.118. The van der Waals surface area contributed by atoms with Gasteiger partial charge in [-0.05, 0) is 12.8 Å². The van der Waals surface area contributed by atoms with Crippen LogP contribution in [0.1, 0.15) is 37.9 Å². The van der Waals surface area contributed by atoms with E-state index in [9.17, 15) is 14.4 Å². The summed E-state index contributed by atoms with van der Waals surface area (Å²) in [6.07, 6.45) is 6.73. The van der Waals surface area contributed by atoms with Crippen LogP contribution in [-0.4, -0.2) is 56.7 Å². The zero-order chi connectivity index (χ0) is 16.4. The molecule has 4 amide bonds. The van der Waals surface area contributed by atoms with E-state index < -0.39 is 5.54 Å². The van der Waals surface area contributed by atoms with Gasteiger partial charge in [0.05, 0.1) is 6.54 Å². The Bertz CT molecular complexity index is 607. The number of hydrogen-bond acceptors (Lipinski definition) is 4. The molecule has 1 aliphatic heterocycles. The molecule has 1 aromatic heterocycles. The summed E-state index contributed by atoms with van der Waals surface area (Å²) in [5.74, 6) is 0.386. The largest absolute Gasteiger partial charge is 0.347 e. The van der Waals surface area contributed by atoms with E-state index in [2.05, 4.69) is 15.3 Å². The number of hydrogen-bond donors (Lipinski definition) is 2. The van der Waals surface area contributed by atoms with E-state index in [4.69, 9.17) is 0 Å². The third kappa shape index (κ3) is 2.93. The van der Waals surface area contributed by atoms with Gasteiger partial charge in [-0.3, -0.25) is 14.5 Å². The predicted molar refractivity (Wildman–Crippen MR) is 81.1 cm³/mol. The van der Waals surface area contributed by atoms with E-state index in [1.165, 1.54) is 9.80 Å². The van der Waals surface area contributed by atoms with Crippen molar-refractivity contribution in [3.63, 3.8) is 0 Å². The zero-order valence-electron chi connectivity index (χ0n) is 13.2. The summed E-state index contributed by atoms with van der Waals surface area (Å²) in [5, 5.41) is 2.82. The Morgan fingerprint density at radius 1 is 1.39 bits per heavy atom. The first kappa shape index (κ1) is 15.5. The lowest BCUT2D eigenvalue weighted by Gasteiger charge is -2.21. The van der Waals surface area contributed by atoms with Gasteiger partial charge in [-0.2, -0.15) is 0 Å². The van der Waals surface area contributed by atoms with Gasteiger partial charge in [-0.1, -0.05) is 12.8 Å². The van der Waals surface area contributed by atoms with Gasteiger partial charge >= 0.3 is 6.03 Å². The van der Waals surface area contributed by atoms with Crippen LogP contribution in [0.15, 0.2) is 12.4 Å². The average molecular weight is 319 g/mol. The number of amides is 4. The maximum atomic E-state index is 12.5. The van der Waals surface area contributed by atoms with Gasteiger partial charge in [0.25, 0.3) is 5.91 Å². The fourth-order valence-corrected chi connectivity index (χ4v) is 3.29. The lowest BCUT2D eigenvalue weighted by molar-refractivity contribution is -0.133. The van der Waals surface area contributed by atoms with Gasteiger partial charge in [-0.15, -0.1) is 0 Å². The van der Waals surface area contributed by atoms with Gasteiger partial charge in [0.15, 0.2) is 0 Å². The number of carbonyl (C=O) groups is 3. The van der Waals surface area contributed by atoms with Gasteiger partial charge in [0.2, 0.25) is 5.91 Å². The maximum Gasteiger partial charge on any atom is 0.325 e. The zero-order valence-corrected chi connectivity index (χ0v) is 13.2. The molecule has 2 heterocycles. The van der Waals surface area contributed by atoms with E-state index >= 15 is 0 Å². The van der Waals surface area contributed by atoms with Crippen molar-refractivity contribution in [1.82, 2.24) is 25.1 Å². The third-order valence-electron chi connectivity index (χ3n) is 4.62. The van der Waals surface area contributed by atoms with Crippen LogP contribution < -0.4 is 5.32 Å². The highest BCUT2D eigenvalue weighted by Crippen LogP contribution is 2.35. The van der Waals surface area contributed by atoms with Crippen LogP contribution in [0.2, 0.25) is 0 Å². The number of carbonyl (C=O) groups excluding carboxylic acids is 3. The van der Waals surface area contributed by atoms with Crippen LogP contribution in [0, 0.1) is 0 Å². The summed E-state index contributed by atoms with van der Waals surface area (Å²) >= 11 is 0. The molecule has 23 heavy (non-hydrogen) atoms. The minimum Gasteiger partial charge on any atom is -0.347 e. The molecule has 0 radical (unpaired) electrons. The lowest BCUT2D eigenvalue weighted by Crippen LogP contribution is -2.44. The Hall–Kier alpha value is -2.38. The highest BCUT2D eigenvalue weighted by molar-refractivity contribution is 6.07. The van der Waals surface area contributed by atoms with Crippen LogP contribution in [0.25, 0.3) is 0 Å². The summed E-state index contributed by atoms with van der Waals surface area (Å²) in [7, 11) is 1.68. The molecule has 1 saturated carbocycles. The summed E-state index contributed by atoms with van der Waals surface area (Å²) in [6, 6.07) is -0.376. The highest BCUT2D eigenvalue weighted by Gasteiger charge is 2.52. The SMILES string of the molecule is CN(Cc1ncc[nH]1)C(=O)CCN1C(=O)NC2(CCCC2)C1=O. The fraction of sp³-hybridized carbons (Fsp3) is 0.600. The first-order valence-corrected chi connectivity index (χ1v) is 7.88. The second kappa shape index (κ2) is 6.02. The van der Waals surface area contributed by atoms with Gasteiger partial charge < -0.3 is 15.2 Å². The Labute approximate surface area is 134 Å². The number of imide groups is 1. The molecule has 1 aromatic rings. The first-order valence-electron chi connectivity index (χ1n) is 7.88. The number of H-pyrrole nitrogens is 1. The van der Waals surface area contributed by atoms with E-state index in [1.54, 1.807) is 19.4 Å². The Morgan fingerprint density at radius 2 is 2.13 bits per heavy atom. The highest BCUT2D eigenvalue weighted by atomic mass is 16.2. The average Bonchev–Trinajstić information content (AvgIpc) is 3.23. The standard InChI is InChI=1S/C15H21N5O3/c1-19(10-11-16-7-8-17-11)12(21)4-9-20-13(22)15(18-14(20)23)5-2-3-6-15/h7-8H,2-6,9-10H2,1H3,(H,16,17)(H,18,23). The number of rotatable bonds is 5. The van der Waals surface area contributed by atoms with Crippen molar-refractivity contribution in [2.24, 2.45) is 0 Å². The molecule has 8 heteroatoms. The lowest BCUT2D eigenvalue weighted by atomic mass is 9.98. The molecule has 1 aliphatic carbocycles. The van der Waals surface area contributed by atoms with E-state index in [1.807, 2.05) is 0 Å². The number of imidazole rings is 1. The Balaban J connectivity index is 1.54. The smallest absolute Gasteiger partial charge is 0.325 e. The van der Waals surface area contributed by atoms with Crippen molar-refractivity contribution in [2.45, 2.75) is 44.2 Å². The van der Waals surface area contributed by atoms with Gasteiger partial charge in [0, 0.05) is 32.4 Å². The molecule has 2 N–H and O–H groups in total. The molecule has 0 unspecified atom stereocenters. The summed E-state index contributed by atoms with van der Waals surface area (Å²) in [5.41, 5.74) is -0.708. The molecular formula is C15H21N5O3. The van der Waals surface area contributed by atoms with Gasteiger partial charge in [0.1, 0.15) is 11.4 Å². The van der Waals surface area contributed by atoms with Crippen molar-refractivity contribution in [1.29, 1.82) is 0 Å². The third-order valence-corrected chi connectivity index (χ3v) is 4.62. The topological polar surface area (TPSA) is 98.4 Å².